The first kappa shape index (κ1) is 12.9. The van der Waals surface area contributed by atoms with Crippen LogP contribution in [0.25, 0.3) is 0 Å². The fourth-order valence-corrected chi connectivity index (χ4v) is 1.13. The van der Waals surface area contributed by atoms with E-state index in [9.17, 15) is 0 Å². The summed E-state index contributed by atoms with van der Waals surface area (Å²) in [6.07, 6.45) is 3.77. The molecule has 0 aliphatic rings. The minimum absolute atomic E-state index is 0.668. The van der Waals surface area contributed by atoms with Crippen LogP contribution in [0.2, 0.25) is 0 Å². The molecule has 0 unspecified atom stereocenters. The lowest BCUT2D eigenvalue weighted by atomic mass is 10.2. The van der Waals surface area contributed by atoms with Crippen molar-refractivity contribution in [3.63, 3.8) is 0 Å². The third-order valence-electron chi connectivity index (χ3n) is 1.84. The van der Waals surface area contributed by atoms with E-state index in [0.29, 0.717) is 5.92 Å². The summed E-state index contributed by atoms with van der Waals surface area (Å²) in [5.41, 5.74) is 0. The van der Waals surface area contributed by atoms with Crippen LogP contribution < -0.4 is 5.32 Å². The van der Waals surface area contributed by atoms with Gasteiger partial charge in [-0.05, 0) is 38.3 Å². The highest BCUT2D eigenvalue weighted by molar-refractivity contribution is 4.46. The molecule has 0 aromatic rings. The number of ether oxygens (including phenoxy) is 1. The fraction of sp³-hybridized carbons (Fsp3) is 1.00. The van der Waals surface area contributed by atoms with Crippen molar-refractivity contribution >= 4 is 0 Å². The molecular formula is C11H25NO. The predicted octanol–water partition coefficient (Wildman–Crippen LogP) is 2.44. The van der Waals surface area contributed by atoms with Crippen molar-refractivity contribution in [2.75, 3.05) is 26.3 Å². The van der Waals surface area contributed by atoms with Gasteiger partial charge in [-0.3, -0.25) is 0 Å². The molecule has 80 valence electrons. The largest absolute Gasteiger partial charge is 0.381 e. The van der Waals surface area contributed by atoms with Crippen LogP contribution in [0.4, 0.5) is 0 Å². The molecule has 0 aliphatic heterocycles. The van der Waals surface area contributed by atoms with E-state index in [1.165, 1.54) is 19.3 Å². The lowest BCUT2D eigenvalue weighted by molar-refractivity contribution is 0.106. The Balaban J connectivity index is 2.84. The first-order valence-electron chi connectivity index (χ1n) is 5.55. The molecule has 0 aromatic heterocycles. The normalized spacial score (nSPS) is 11.1. The van der Waals surface area contributed by atoms with Crippen LogP contribution in [0.1, 0.15) is 40.0 Å². The zero-order chi connectivity index (χ0) is 9.94. The van der Waals surface area contributed by atoms with Gasteiger partial charge in [0.2, 0.25) is 0 Å². The Bertz CT molecular complexity index is 94.1. The van der Waals surface area contributed by atoms with E-state index >= 15 is 0 Å². The monoisotopic (exact) mass is 187 g/mol. The Morgan fingerprint density at radius 1 is 1.15 bits per heavy atom. The highest BCUT2D eigenvalue weighted by atomic mass is 16.5. The minimum atomic E-state index is 0.668. The van der Waals surface area contributed by atoms with Crippen molar-refractivity contribution in [2.45, 2.75) is 40.0 Å². The van der Waals surface area contributed by atoms with E-state index in [0.717, 1.165) is 26.3 Å². The molecule has 0 atom stereocenters. The molecule has 0 amide bonds. The van der Waals surface area contributed by atoms with Gasteiger partial charge >= 0.3 is 0 Å². The molecule has 2 heteroatoms. The Kier molecular flexibility index (Phi) is 9.94. The molecule has 0 fully saturated rings. The van der Waals surface area contributed by atoms with Crippen LogP contribution in [0.3, 0.4) is 0 Å². The van der Waals surface area contributed by atoms with Gasteiger partial charge < -0.3 is 10.1 Å². The summed E-state index contributed by atoms with van der Waals surface area (Å²) in [6, 6.07) is 0. The summed E-state index contributed by atoms with van der Waals surface area (Å²) in [7, 11) is 0. The second-order valence-electron chi connectivity index (χ2n) is 3.88. The van der Waals surface area contributed by atoms with Crippen LogP contribution in [0.15, 0.2) is 0 Å². The zero-order valence-corrected chi connectivity index (χ0v) is 9.44. The summed E-state index contributed by atoms with van der Waals surface area (Å²) in [5.74, 6) is 0.668. The standard InChI is InChI=1S/C11H25NO/c1-4-12-8-6-5-7-9-13-10-11(2)3/h11-12H,4-10H2,1-3H3. The first-order chi connectivity index (χ1) is 6.27. The highest BCUT2D eigenvalue weighted by Gasteiger charge is 1.93. The van der Waals surface area contributed by atoms with Crippen molar-refractivity contribution in [1.82, 2.24) is 5.32 Å². The van der Waals surface area contributed by atoms with Gasteiger partial charge in [-0.2, -0.15) is 0 Å². The minimum Gasteiger partial charge on any atom is -0.381 e. The molecule has 13 heavy (non-hydrogen) atoms. The second-order valence-corrected chi connectivity index (χ2v) is 3.88. The lowest BCUT2D eigenvalue weighted by Gasteiger charge is -2.06. The van der Waals surface area contributed by atoms with E-state index < -0.39 is 0 Å². The summed E-state index contributed by atoms with van der Waals surface area (Å²) >= 11 is 0. The first-order valence-corrected chi connectivity index (χ1v) is 5.55. The van der Waals surface area contributed by atoms with Gasteiger partial charge in [-0.1, -0.05) is 20.8 Å². The van der Waals surface area contributed by atoms with Crippen LogP contribution in [-0.4, -0.2) is 26.3 Å². The zero-order valence-electron chi connectivity index (χ0n) is 9.44. The average molecular weight is 187 g/mol. The smallest absolute Gasteiger partial charge is 0.0488 e. The molecule has 0 bridgehead atoms. The van der Waals surface area contributed by atoms with Crippen LogP contribution in [-0.2, 0) is 4.74 Å². The average Bonchev–Trinajstić information content (AvgIpc) is 2.09. The molecule has 0 spiro atoms. The Hall–Kier alpha value is -0.0800. The molecule has 0 aliphatic carbocycles. The number of rotatable bonds is 9. The summed E-state index contributed by atoms with van der Waals surface area (Å²) in [5, 5.41) is 3.32. The predicted molar refractivity (Wildman–Crippen MR) is 58.1 cm³/mol. The molecule has 0 saturated heterocycles. The van der Waals surface area contributed by atoms with Gasteiger partial charge in [0.15, 0.2) is 0 Å². The summed E-state index contributed by atoms with van der Waals surface area (Å²) in [6.45, 7) is 10.6. The SMILES string of the molecule is CCNCCCCCOCC(C)C. The number of hydrogen-bond donors (Lipinski definition) is 1. The van der Waals surface area contributed by atoms with Crippen molar-refractivity contribution in [1.29, 1.82) is 0 Å². The topological polar surface area (TPSA) is 21.3 Å². The van der Waals surface area contributed by atoms with E-state index in [2.05, 4.69) is 26.1 Å². The molecule has 0 heterocycles. The van der Waals surface area contributed by atoms with Crippen LogP contribution >= 0.6 is 0 Å². The number of unbranched alkanes of at least 4 members (excludes halogenated alkanes) is 2. The molecule has 1 N–H and O–H groups in total. The van der Waals surface area contributed by atoms with Gasteiger partial charge in [0, 0.05) is 13.2 Å². The van der Waals surface area contributed by atoms with Gasteiger partial charge in [0.05, 0.1) is 0 Å². The van der Waals surface area contributed by atoms with Gasteiger partial charge in [0.25, 0.3) is 0 Å². The molecule has 0 aromatic carbocycles. The van der Waals surface area contributed by atoms with E-state index in [-0.39, 0.29) is 0 Å². The number of hydrogen-bond acceptors (Lipinski definition) is 2. The maximum absolute atomic E-state index is 5.48. The molecular weight excluding hydrogens is 162 g/mol. The summed E-state index contributed by atoms with van der Waals surface area (Å²) in [4.78, 5) is 0. The Morgan fingerprint density at radius 3 is 2.54 bits per heavy atom. The van der Waals surface area contributed by atoms with Crippen LogP contribution in [0, 0.1) is 5.92 Å². The lowest BCUT2D eigenvalue weighted by Crippen LogP contribution is -2.14. The van der Waals surface area contributed by atoms with Crippen molar-refractivity contribution in [3.05, 3.63) is 0 Å². The maximum atomic E-state index is 5.48. The van der Waals surface area contributed by atoms with Crippen molar-refractivity contribution < 1.29 is 4.74 Å². The fourth-order valence-electron chi connectivity index (χ4n) is 1.13. The number of nitrogens with one attached hydrogen (secondary N) is 1. The second kappa shape index (κ2) is 10.0. The summed E-state index contributed by atoms with van der Waals surface area (Å²) < 4.78 is 5.48. The molecule has 0 radical (unpaired) electrons. The van der Waals surface area contributed by atoms with Gasteiger partial charge in [-0.25, -0.2) is 0 Å². The molecule has 2 nitrogen and oxygen atoms in total. The van der Waals surface area contributed by atoms with E-state index in [1.807, 2.05) is 0 Å². The Morgan fingerprint density at radius 2 is 1.92 bits per heavy atom. The third kappa shape index (κ3) is 11.9. The van der Waals surface area contributed by atoms with Crippen molar-refractivity contribution in [3.8, 4) is 0 Å². The molecule has 0 saturated carbocycles. The van der Waals surface area contributed by atoms with E-state index in [1.54, 1.807) is 0 Å². The van der Waals surface area contributed by atoms with Crippen LogP contribution in [0.5, 0.6) is 0 Å². The Labute approximate surface area is 83.1 Å². The maximum Gasteiger partial charge on any atom is 0.0488 e. The van der Waals surface area contributed by atoms with E-state index in [4.69, 9.17) is 4.74 Å². The molecule has 0 rings (SSSR count). The van der Waals surface area contributed by atoms with Gasteiger partial charge in [-0.15, -0.1) is 0 Å². The quantitative estimate of drug-likeness (QED) is 0.560. The highest BCUT2D eigenvalue weighted by Crippen LogP contribution is 1.97. The van der Waals surface area contributed by atoms with Crippen molar-refractivity contribution in [2.24, 2.45) is 5.92 Å². The third-order valence-corrected chi connectivity index (χ3v) is 1.84. The van der Waals surface area contributed by atoms with Gasteiger partial charge in [0.1, 0.15) is 0 Å².